The molecule has 0 aliphatic heterocycles. The summed E-state index contributed by atoms with van der Waals surface area (Å²) in [5.74, 6) is -1.49. The van der Waals surface area contributed by atoms with Crippen LogP contribution in [-0.2, 0) is 0 Å². The van der Waals surface area contributed by atoms with Gasteiger partial charge >= 0.3 is 0 Å². The number of fused-ring (bicyclic) bond motifs is 1. The summed E-state index contributed by atoms with van der Waals surface area (Å²) in [6.45, 7) is 0. The summed E-state index contributed by atoms with van der Waals surface area (Å²) in [4.78, 5) is 22.1. The zero-order valence-corrected chi connectivity index (χ0v) is 17.4. The molecule has 1 aliphatic carbocycles. The van der Waals surface area contributed by atoms with Crippen molar-refractivity contribution in [3.8, 4) is 0 Å². The molecule has 1 aromatic heterocycles. The van der Waals surface area contributed by atoms with E-state index in [-0.39, 0.29) is 29.3 Å². The van der Waals surface area contributed by atoms with Crippen molar-refractivity contribution in [3.63, 3.8) is 0 Å². The zero-order valence-electron chi connectivity index (χ0n) is 17.4. The van der Waals surface area contributed by atoms with Gasteiger partial charge in [0.05, 0.1) is 5.52 Å². The van der Waals surface area contributed by atoms with Crippen LogP contribution >= 0.6 is 0 Å². The van der Waals surface area contributed by atoms with Crippen molar-refractivity contribution in [2.75, 3.05) is 11.9 Å². The normalized spacial score (nSPS) is 18.7. The lowest BCUT2D eigenvalue weighted by molar-refractivity contribution is 0.0925. The van der Waals surface area contributed by atoms with Crippen molar-refractivity contribution in [2.24, 2.45) is 0 Å². The van der Waals surface area contributed by atoms with Crippen LogP contribution < -0.4 is 10.2 Å². The number of nitrogens with one attached hydrogen (secondary N) is 1. The van der Waals surface area contributed by atoms with E-state index in [1.807, 2.05) is 0 Å². The number of hydrogen-bond acceptors (Lipinski definition) is 4. The van der Waals surface area contributed by atoms with Crippen molar-refractivity contribution in [1.82, 2.24) is 15.3 Å². The van der Waals surface area contributed by atoms with Gasteiger partial charge in [-0.05, 0) is 68.1 Å². The largest absolute Gasteiger partial charge is 0.356 e. The Hall–Kier alpha value is -3.23. The van der Waals surface area contributed by atoms with Gasteiger partial charge in [-0.1, -0.05) is 0 Å². The maximum atomic E-state index is 13.8. The Kier molecular flexibility index (Phi) is 6.25. The number of anilines is 1. The standard InChI is InChI=1S/C23H22F4N4O/c1-31(22-18-12-15(25)6-11-19(18)29-21(30-22)20(26)27)17-9-7-16(8-10-17)28-23(32)13-2-4-14(24)5-3-13/h2-6,11-12,16-17,20H,7-10H2,1H3,(H,28,32). The minimum absolute atomic E-state index is 0.0131. The van der Waals surface area contributed by atoms with Crippen LogP contribution in [0.25, 0.3) is 10.9 Å². The van der Waals surface area contributed by atoms with E-state index in [0.29, 0.717) is 36.6 Å². The summed E-state index contributed by atoms with van der Waals surface area (Å²) in [7, 11) is 1.75. The maximum Gasteiger partial charge on any atom is 0.297 e. The molecule has 0 bridgehead atoms. The second-order valence-corrected chi connectivity index (χ2v) is 7.96. The van der Waals surface area contributed by atoms with Gasteiger partial charge in [-0.3, -0.25) is 4.79 Å². The Morgan fingerprint density at radius 3 is 2.31 bits per heavy atom. The Balaban J connectivity index is 1.47. The number of carbonyl (C=O) groups excluding carboxylic acids is 1. The molecule has 0 unspecified atom stereocenters. The van der Waals surface area contributed by atoms with Crippen LogP contribution in [0.1, 0.15) is 48.3 Å². The van der Waals surface area contributed by atoms with E-state index in [1.165, 1.54) is 42.5 Å². The molecule has 1 saturated carbocycles. The maximum absolute atomic E-state index is 13.8. The first-order chi connectivity index (χ1) is 15.3. The molecule has 0 saturated heterocycles. The van der Waals surface area contributed by atoms with Crippen molar-refractivity contribution in [2.45, 2.75) is 44.2 Å². The Bertz CT molecular complexity index is 1110. The quantitative estimate of drug-likeness (QED) is 0.559. The molecule has 1 amide bonds. The predicted molar refractivity (Wildman–Crippen MR) is 113 cm³/mol. The van der Waals surface area contributed by atoms with Gasteiger partial charge in [-0.25, -0.2) is 27.5 Å². The first-order valence-electron chi connectivity index (χ1n) is 10.4. The van der Waals surface area contributed by atoms with Gasteiger partial charge in [0.1, 0.15) is 17.5 Å². The topological polar surface area (TPSA) is 58.1 Å². The zero-order chi connectivity index (χ0) is 22.8. The molecular formula is C23H22F4N4O. The first-order valence-corrected chi connectivity index (χ1v) is 10.4. The van der Waals surface area contributed by atoms with Gasteiger partial charge in [0, 0.05) is 30.1 Å². The SMILES string of the molecule is CN(c1nc(C(F)F)nc2ccc(F)cc12)C1CCC(NC(=O)c2ccc(F)cc2)CC1. The van der Waals surface area contributed by atoms with Crippen LogP contribution in [-0.4, -0.2) is 35.0 Å². The molecule has 32 heavy (non-hydrogen) atoms. The minimum atomic E-state index is -2.84. The molecule has 0 atom stereocenters. The molecule has 1 N–H and O–H groups in total. The number of alkyl halides is 2. The number of benzene rings is 2. The van der Waals surface area contributed by atoms with Crippen LogP contribution in [0, 0.1) is 11.6 Å². The summed E-state index contributed by atoms with van der Waals surface area (Å²) in [6, 6.07) is 9.10. The predicted octanol–water partition coefficient (Wildman–Crippen LogP) is 5.02. The lowest BCUT2D eigenvalue weighted by Gasteiger charge is -2.36. The molecule has 1 heterocycles. The van der Waals surface area contributed by atoms with Gasteiger partial charge in [-0.2, -0.15) is 0 Å². The van der Waals surface area contributed by atoms with Gasteiger partial charge in [0.2, 0.25) is 0 Å². The molecule has 168 valence electrons. The fraction of sp³-hybridized carbons (Fsp3) is 0.348. The molecule has 1 aliphatic rings. The monoisotopic (exact) mass is 446 g/mol. The lowest BCUT2D eigenvalue weighted by Crippen LogP contribution is -2.43. The Morgan fingerprint density at radius 2 is 1.66 bits per heavy atom. The van der Waals surface area contributed by atoms with Gasteiger partial charge < -0.3 is 10.2 Å². The average molecular weight is 446 g/mol. The van der Waals surface area contributed by atoms with Crippen LogP contribution in [0.15, 0.2) is 42.5 Å². The van der Waals surface area contributed by atoms with Crippen molar-refractivity contribution in [1.29, 1.82) is 0 Å². The average Bonchev–Trinajstić information content (AvgIpc) is 2.78. The van der Waals surface area contributed by atoms with Crippen molar-refractivity contribution >= 4 is 22.6 Å². The highest BCUT2D eigenvalue weighted by Gasteiger charge is 2.28. The van der Waals surface area contributed by atoms with E-state index in [4.69, 9.17) is 0 Å². The summed E-state index contributed by atoms with van der Waals surface area (Å²) in [6.07, 6.45) is -0.0954. The molecule has 0 spiro atoms. The summed E-state index contributed by atoms with van der Waals surface area (Å²) in [5, 5.41) is 3.34. The third-order valence-corrected chi connectivity index (χ3v) is 5.87. The van der Waals surface area contributed by atoms with Gasteiger partial charge in [0.25, 0.3) is 12.3 Å². The molecular weight excluding hydrogens is 424 g/mol. The fourth-order valence-corrected chi connectivity index (χ4v) is 4.12. The summed E-state index contributed by atoms with van der Waals surface area (Å²) >= 11 is 0. The number of nitrogens with zero attached hydrogens (tertiary/aromatic N) is 3. The number of hydrogen-bond donors (Lipinski definition) is 1. The number of carbonyl (C=O) groups is 1. The molecule has 2 aromatic carbocycles. The second-order valence-electron chi connectivity index (χ2n) is 7.96. The molecule has 5 nitrogen and oxygen atoms in total. The van der Waals surface area contributed by atoms with Gasteiger partial charge in [-0.15, -0.1) is 0 Å². The van der Waals surface area contributed by atoms with E-state index >= 15 is 0 Å². The third kappa shape index (κ3) is 4.66. The van der Waals surface area contributed by atoms with E-state index in [2.05, 4.69) is 15.3 Å². The van der Waals surface area contributed by atoms with Crippen molar-refractivity contribution in [3.05, 3.63) is 65.5 Å². The molecule has 1 fully saturated rings. The van der Waals surface area contributed by atoms with E-state index in [0.717, 1.165) is 0 Å². The summed E-state index contributed by atoms with van der Waals surface area (Å²) in [5.41, 5.74) is 0.651. The van der Waals surface area contributed by atoms with Crippen LogP contribution in [0.3, 0.4) is 0 Å². The van der Waals surface area contributed by atoms with Crippen LogP contribution in [0.4, 0.5) is 23.4 Å². The lowest BCUT2D eigenvalue weighted by atomic mass is 9.90. The van der Waals surface area contributed by atoms with E-state index in [9.17, 15) is 22.4 Å². The molecule has 3 aromatic rings. The number of rotatable bonds is 5. The Morgan fingerprint density at radius 1 is 1.00 bits per heavy atom. The molecule has 0 radical (unpaired) electrons. The third-order valence-electron chi connectivity index (χ3n) is 5.87. The number of aromatic nitrogens is 2. The summed E-state index contributed by atoms with van der Waals surface area (Å²) < 4.78 is 53.5. The van der Waals surface area contributed by atoms with Crippen LogP contribution in [0.5, 0.6) is 0 Å². The molecule has 4 rings (SSSR count). The highest BCUT2D eigenvalue weighted by Crippen LogP contribution is 2.32. The molecule has 9 heteroatoms. The van der Waals surface area contributed by atoms with Gasteiger partial charge in [0.15, 0.2) is 5.82 Å². The minimum Gasteiger partial charge on any atom is -0.356 e. The fourth-order valence-electron chi connectivity index (χ4n) is 4.12. The Labute approximate surface area is 182 Å². The van der Waals surface area contributed by atoms with E-state index < -0.39 is 23.9 Å². The smallest absolute Gasteiger partial charge is 0.297 e. The highest BCUT2D eigenvalue weighted by atomic mass is 19.3. The van der Waals surface area contributed by atoms with Crippen LogP contribution in [0.2, 0.25) is 0 Å². The number of halogens is 4. The number of amides is 1. The van der Waals surface area contributed by atoms with Crippen molar-refractivity contribution < 1.29 is 22.4 Å². The first kappa shape index (κ1) is 22.0. The highest BCUT2D eigenvalue weighted by molar-refractivity contribution is 5.94. The second kappa shape index (κ2) is 9.10. The van der Waals surface area contributed by atoms with E-state index in [1.54, 1.807) is 11.9 Å².